The van der Waals surface area contributed by atoms with Gasteiger partial charge in [0.15, 0.2) is 4.77 Å². The Morgan fingerprint density at radius 2 is 2.04 bits per heavy atom. The van der Waals surface area contributed by atoms with E-state index in [4.69, 9.17) is 12.2 Å². The maximum atomic E-state index is 5.68. The van der Waals surface area contributed by atoms with Crippen molar-refractivity contribution < 1.29 is 0 Å². The molecule has 0 radical (unpaired) electrons. The van der Waals surface area contributed by atoms with Gasteiger partial charge >= 0.3 is 0 Å². The number of thiophene rings is 1. The molecule has 0 atom stereocenters. The van der Waals surface area contributed by atoms with Crippen molar-refractivity contribution in [1.82, 2.24) is 19.2 Å². The Kier molecular flexibility index (Phi) is 4.35. The number of hydrogen-bond donors (Lipinski definition) is 0. The summed E-state index contributed by atoms with van der Waals surface area (Å²) in [4.78, 5) is 3.95. The molecule has 1 aliphatic rings. The van der Waals surface area contributed by atoms with E-state index in [1.165, 1.54) is 16.0 Å². The Labute approximate surface area is 151 Å². The van der Waals surface area contributed by atoms with E-state index in [9.17, 15) is 0 Å². The lowest BCUT2D eigenvalue weighted by atomic mass is 10.1. The van der Waals surface area contributed by atoms with Gasteiger partial charge in [-0.15, -0.1) is 11.3 Å². The molecule has 3 aromatic rings. The van der Waals surface area contributed by atoms with Crippen LogP contribution in [0.3, 0.4) is 0 Å². The number of rotatable bonds is 4. The predicted molar refractivity (Wildman–Crippen MR) is 99.8 cm³/mol. The molecule has 6 heteroatoms. The number of aromatic nitrogens is 3. The van der Waals surface area contributed by atoms with Crippen LogP contribution in [0.5, 0.6) is 0 Å². The lowest BCUT2D eigenvalue weighted by Gasteiger charge is -2.26. The highest BCUT2D eigenvalue weighted by Crippen LogP contribution is 2.24. The lowest BCUT2D eigenvalue weighted by Crippen LogP contribution is -2.32. The van der Waals surface area contributed by atoms with Gasteiger partial charge in [0.05, 0.1) is 13.2 Å². The quantitative estimate of drug-likeness (QED) is 0.664. The van der Waals surface area contributed by atoms with Crippen molar-refractivity contribution in [3.8, 4) is 0 Å². The van der Waals surface area contributed by atoms with Crippen molar-refractivity contribution in [2.24, 2.45) is 0 Å². The minimum absolute atomic E-state index is 0.761. The zero-order valence-corrected chi connectivity index (χ0v) is 15.3. The first-order valence-electron chi connectivity index (χ1n) is 8.16. The fraction of sp³-hybridized carbons (Fsp3) is 0.333. The molecule has 2 aromatic heterocycles. The Hall–Kier alpha value is -1.76. The maximum Gasteiger partial charge on any atom is 0.199 e. The van der Waals surface area contributed by atoms with Gasteiger partial charge in [0.1, 0.15) is 5.82 Å². The molecular formula is C18H20N4S2. The van der Waals surface area contributed by atoms with Crippen LogP contribution in [-0.2, 0) is 26.2 Å². The van der Waals surface area contributed by atoms with Gasteiger partial charge in [-0.2, -0.15) is 5.10 Å². The molecule has 0 spiro atoms. The standard InChI is InChI=1S/C18H20N4S2/c1-14-19-22(13-20-9-7-17-16(12-20)8-10-24-17)18(23)21(14)11-15-5-3-2-4-6-15/h2-6,8,10H,7,9,11-13H2,1H3. The molecule has 24 heavy (non-hydrogen) atoms. The van der Waals surface area contributed by atoms with E-state index in [2.05, 4.69) is 50.3 Å². The Morgan fingerprint density at radius 3 is 2.88 bits per heavy atom. The summed E-state index contributed by atoms with van der Waals surface area (Å²) >= 11 is 7.55. The highest BCUT2D eigenvalue weighted by Gasteiger charge is 2.18. The van der Waals surface area contributed by atoms with Gasteiger partial charge in [-0.1, -0.05) is 30.3 Å². The summed E-state index contributed by atoms with van der Waals surface area (Å²) in [5.41, 5.74) is 2.70. The monoisotopic (exact) mass is 356 g/mol. The van der Waals surface area contributed by atoms with Crippen molar-refractivity contribution in [1.29, 1.82) is 0 Å². The van der Waals surface area contributed by atoms with Gasteiger partial charge in [0, 0.05) is 18.0 Å². The van der Waals surface area contributed by atoms with Crippen LogP contribution < -0.4 is 0 Å². The molecule has 3 heterocycles. The minimum Gasteiger partial charge on any atom is -0.300 e. The zero-order chi connectivity index (χ0) is 16.5. The van der Waals surface area contributed by atoms with Crippen LogP contribution in [0.1, 0.15) is 21.8 Å². The SMILES string of the molecule is Cc1nn(CN2CCc3sccc3C2)c(=S)n1Cc1ccccc1. The van der Waals surface area contributed by atoms with Crippen LogP contribution in [0.4, 0.5) is 0 Å². The Bertz CT molecular complexity index is 891. The molecule has 0 amide bonds. The topological polar surface area (TPSA) is 26.0 Å². The van der Waals surface area contributed by atoms with Crippen LogP contribution in [0.25, 0.3) is 0 Å². The Morgan fingerprint density at radius 1 is 1.21 bits per heavy atom. The highest BCUT2D eigenvalue weighted by molar-refractivity contribution is 7.71. The van der Waals surface area contributed by atoms with Crippen molar-refractivity contribution >= 4 is 23.6 Å². The van der Waals surface area contributed by atoms with Crippen molar-refractivity contribution in [3.05, 3.63) is 68.4 Å². The summed E-state index contributed by atoms with van der Waals surface area (Å²) in [6.07, 6.45) is 1.13. The van der Waals surface area contributed by atoms with Gasteiger partial charge in [-0.25, -0.2) is 4.68 Å². The zero-order valence-electron chi connectivity index (χ0n) is 13.7. The van der Waals surface area contributed by atoms with E-state index in [-0.39, 0.29) is 0 Å². The average molecular weight is 357 g/mol. The first-order valence-corrected chi connectivity index (χ1v) is 9.45. The molecule has 0 bridgehead atoms. The molecule has 0 fully saturated rings. The van der Waals surface area contributed by atoms with E-state index >= 15 is 0 Å². The molecular weight excluding hydrogens is 336 g/mol. The number of fused-ring (bicyclic) bond motifs is 1. The van der Waals surface area contributed by atoms with Crippen LogP contribution in [0.2, 0.25) is 0 Å². The molecule has 1 aliphatic heterocycles. The van der Waals surface area contributed by atoms with Gasteiger partial charge in [-0.05, 0) is 48.1 Å². The van der Waals surface area contributed by atoms with Crippen LogP contribution in [0.15, 0.2) is 41.8 Å². The first-order chi connectivity index (χ1) is 11.7. The van der Waals surface area contributed by atoms with Crippen LogP contribution in [0, 0.1) is 11.7 Å². The maximum absolute atomic E-state index is 5.68. The summed E-state index contributed by atoms with van der Waals surface area (Å²) in [6.45, 7) is 5.63. The third-order valence-corrected chi connectivity index (χ3v) is 5.97. The number of benzene rings is 1. The fourth-order valence-corrected chi connectivity index (χ4v) is 4.39. The van der Waals surface area contributed by atoms with Crippen molar-refractivity contribution in [2.75, 3.05) is 6.54 Å². The van der Waals surface area contributed by atoms with E-state index in [1.807, 2.05) is 29.0 Å². The second-order valence-corrected chi connectivity index (χ2v) is 7.58. The van der Waals surface area contributed by atoms with E-state index in [1.54, 1.807) is 0 Å². The lowest BCUT2D eigenvalue weighted by molar-refractivity contribution is 0.189. The van der Waals surface area contributed by atoms with Gasteiger partial charge < -0.3 is 0 Å². The number of nitrogens with zero attached hydrogens (tertiary/aromatic N) is 4. The summed E-state index contributed by atoms with van der Waals surface area (Å²) in [5, 5.41) is 6.87. The third-order valence-electron chi connectivity index (χ3n) is 4.51. The third kappa shape index (κ3) is 3.09. The molecule has 0 saturated carbocycles. The van der Waals surface area contributed by atoms with Crippen LogP contribution in [-0.4, -0.2) is 25.8 Å². The largest absolute Gasteiger partial charge is 0.300 e. The molecule has 124 valence electrons. The number of aryl methyl sites for hydroxylation is 1. The molecule has 1 aromatic carbocycles. The molecule has 4 rings (SSSR count). The summed E-state index contributed by atoms with van der Waals surface area (Å²) < 4.78 is 4.88. The van der Waals surface area contributed by atoms with Gasteiger partial charge in [0.2, 0.25) is 0 Å². The van der Waals surface area contributed by atoms with Gasteiger partial charge in [0.25, 0.3) is 0 Å². The molecule has 4 nitrogen and oxygen atoms in total. The minimum atomic E-state index is 0.761. The second kappa shape index (κ2) is 6.63. The first kappa shape index (κ1) is 15.7. The Balaban J connectivity index is 1.53. The highest BCUT2D eigenvalue weighted by atomic mass is 32.1. The van der Waals surface area contributed by atoms with Crippen LogP contribution >= 0.6 is 23.6 Å². The van der Waals surface area contributed by atoms with Crippen molar-refractivity contribution in [2.45, 2.75) is 33.1 Å². The van der Waals surface area contributed by atoms with Crippen molar-refractivity contribution in [3.63, 3.8) is 0 Å². The molecule has 0 N–H and O–H groups in total. The normalized spacial score (nSPS) is 14.7. The smallest absolute Gasteiger partial charge is 0.199 e. The van der Waals surface area contributed by atoms with E-state index in [0.29, 0.717) is 0 Å². The average Bonchev–Trinajstić information content (AvgIpc) is 3.16. The summed E-state index contributed by atoms with van der Waals surface area (Å²) in [5.74, 6) is 0.970. The van der Waals surface area contributed by atoms with E-state index < -0.39 is 0 Å². The summed E-state index contributed by atoms with van der Waals surface area (Å²) in [6, 6.07) is 12.6. The predicted octanol–water partition coefficient (Wildman–Crippen LogP) is 3.85. The van der Waals surface area contributed by atoms with E-state index in [0.717, 1.165) is 43.3 Å². The summed E-state index contributed by atoms with van der Waals surface area (Å²) in [7, 11) is 0. The van der Waals surface area contributed by atoms with Gasteiger partial charge in [-0.3, -0.25) is 9.47 Å². The number of hydrogen-bond acceptors (Lipinski definition) is 4. The molecule has 0 unspecified atom stereocenters. The molecule has 0 saturated heterocycles. The molecule has 0 aliphatic carbocycles. The second-order valence-electron chi connectivity index (χ2n) is 6.21. The fourth-order valence-electron chi connectivity index (χ4n) is 3.21.